The van der Waals surface area contributed by atoms with Crippen molar-refractivity contribution in [2.75, 3.05) is 6.26 Å². The summed E-state index contributed by atoms with van der Waals surface area (Å²) in [5, 5.41) is 10.2. The molecule has 0 saturated carbocycles. The molecule has 5 heteroatoms. The monoisotopic (exact) mass is 223 g/mol. The van der Waals surface area contributed by atoms with Gasteiger partial charge in [0.05, 0.1) is 5.39 Å². The van der Waals surface area contributed by atoms with E-state index in [0.29, 0.717) is 21.8 Å². The summed E-state index contributed by atoms with van der Waals surface area (Å²) >= 11 is 1.25. The number of aromatic nitrogens is 1. The molecule has 0 bridgehead atoms. The Morgan fingerprint density at radius 3 is 2.87 bits per heavy atom. The Morgan fingerprint density at radius 1 is 1.47 bits per heavy atom. The highest BCUT2D eigenvalue weighted by atomic mass is 32.2. The maximum absolute atomic E-state index is 11.6. The fourth-order valence-corrected chi connectivity index (χ4v) is 1.66. The molecule has 0 aliphatic carbocycles. The van der Waals surface area contributed by atoms with Crippen LogP contribution in [-0.4, -0.2) is 16.3 Å². The van der Waals surface area contributed by atoms with Crippen molar-refractivity contribution in [3.63, 3.8) is 0 Å². The molecule has 0 unspecified atom stereocenters. The Morgan fingerprint density at radius 2 is 2.20 bits per heavy atom. The van der Waals surface area contributed by atoms with E-state index in [-0.39, 0.29) is 11.3 Å². The lowest BCUT2D eigenvalue weighted by molar-refractivity contribution is 0.447. The normalized spacial score (nSPS) is 10.8. The lowest BCUT2D eigenvalue weighted by Gasteiger charge is -2.03. The van der Waals surface area contributed by atoms with E-state index in [0.717, 1.165) is 0 Å². The first-order chi connectivity index (χ1) is 7.13. The van der Waals surface area contributed by atoms with Gasteiger partial charge in [-0.05, 0) is 25.3 Å². The molecule has 15 heavy (non-hydrogen) atoms. The summed E-state index contributed by atoms with van der Waals surface area (Å²) in [4.78, 5) is 15.3. The molecule has 0 saturated heterocycles. The predicted octanol–water partition coefficient (Wildman–Crippen LogP) is 1.92. The first-order valence-electron chi connectivity index (χ1n) is 4.31. The highest BCUT2D eigenvalue weighted by Crippen LogP contribution is 2.26. The van der Waals surface area contributed by atoms with E-state index in [1.54, 1.807) is 13.2 Å². The Labute approximate surface area is 89.9 Å². The van der Waals surface area contributed by atoms with Crippen LogP contribution in [0.3, 0.4) is 0 Å². The second-order valence-corrected chi connectivity index (χ2v) is 3.83. The average Bonchev–Trinajstić information content (AvgIpc) is 2.23. The number of benzene rings is 1. The van der Waals surface area contributed by atoms with Gasteiger partial charge in [0.1, 0.15) is 11.3 Å². The number of hydrogen-bond acceptors (Lipinski definition) is 5. The average molecular weight is 223 g/mol. The van der Waals surface area contributed by atoms with Crippen molar-refractivity contribution in [3.05, 3.63) is 28.0 Å². The summed E-state index contributed by atoms with van der Waals surface area (Å²) in [6, 6.07) is 2.98. The molecule has 0 aliphatic rings. The molecule has 1 aromatic carbocycles. The molecule has 0 radical (unpaired) electrons. The summed E-state index contributed by atoms with van der Waals surface area (Å²) in [7, 11) is 0. The molecular formula is C10H9NO3S. The van der Waals surface area contributed by atoms with Gasteiger partial charge in [-0.15, -0.1) is 0 Å². The highest BCUT2D eigenvalue weighted by Gasteiger charge is 2.10. The van der Waals surface area contributed by atoms with Gasteiger partial charge in [-0.3, -0.25) is 4.79 Å². The lowest BCUT2D eigenvalue weighted by Crippen LogP contribution is -2.07. The number of fused-ring (bicyclic) bond motifs is 1. The Kier molecular flexibility index (Phi) is 2.40. The van der Waals surface area contributed by atoms with E-state index < -0.39 is 0 Å². The number of hydrogen-bond donors (Lipinski definition) is 1. The number of phenolic OH excluding ortho intramolecular Hbond substituents is 1. The topological polar surface area (TPSA) is 63.3 Å². The van der Waals surface area contributed by atoms with Gasteiger partial charge in [0.2, 0.25) is 0 Å². The third-order valence-electron chi connectivity index (χ3n) is 2.16. The number of phenols is 1. The van der Waals surface area contributed by atoms with Crippen LogP contribution in [0.15, 0.2) is 26.6 Å². The number of thioether (sulfide) groups is 1. The zero-order valence-corrected chi connectivity index (χ0v) is 9.09. The van der Waals surface area contributed by atoms with Crippen LogP contribution in [0.5, 0.6) is 5.75 Å². The Balaban J connectivity index is 2.93. The summed E-state index contributed by atoms with van der Waals surface area (Å²) in [6.07, 6.45) is 1.77. The van der Waals surface area contributed by atoms with Gasteiger partial charge in [0.25, 0.3) is 10.8 Å². The number of nitrogens with zero attached hydrogens (tertiary/aromatic N) is 1. The number of aromatic hydroxyl groups is 1. The van der Waals surface area contributed by atoms with E-state index in [1.807, 2.05) is 0 Å². The van der Waals surface area contributed by atoms with E-state index in [1.165, 1.54) is 23.9 Å². The molecule has 0 fully saturated rings. The van der Waals surface area contributed by atoms with E-state index in [2.05, 4.69) is 4.98 Å². The maximum atomic E-state index is 11.6. The molecule has 4 nitrogen and oxygen atoms in total. The van der Waals surface area contributed by atoms with E-state index in [9.17, 15) is 9.90 Å². The molecule has 2 rings (SSSR count). The van der Waals surface area contributed by atoms with Crippen molar-refractivity contribution in [1.29, 1.82) is 0 Å². The number of aryl methyl sites for hydroxylation is 1. The van der Waals surface area contributed by atoms with Crippen LogP contribution in [0.4, 0.5) is 0 Å². The minimum Gasteiger partial charge on any atom is -0.508 e. The molecule has 78 valence electrons. The van der Waals surface area contributed by atoms with Crippen LogP contribution in [-0.2, 0) is 0 Å². The second kappa shape index (κ2) is 3.58. The van der Waals surface area contributed by atoms with Crippen LogP contribution in [0, 0.1) is 6.92 Å². The molecular weight excluding hydrogens is 214 g/mol. The van der Waals surface area contributed by atoms with Crippen molar-refractivity contribution in [2.24, 2.45) is 0 Å². The third-order valence-corrected chi connectivity index (χ3v) is 2.69. The van der Waals surface area contributed by atoms with Crippen molar-refractivity contribution in [1.82, 2.24) is 4.98 Å². The van der Waals surface area contributed by atoms with Gasteiger partial charge in [0, 0.05) is 5.56 Å². The van der Waals surface area contributed by atoms with Crippen LogP contribution < -0.4 is 5.56 Å². The molecule has 1 N–H and O–H groups in total. The van der Waals surface area contributed by atoms with Gasteiger partial charge in [-0.2, -0.15) is 4.98 Å². The van der Waals surface area contributed by atoms with Gasteiger partial charge < -0.3 is 9.52 Å². The minimum atomic E-state index is -0.330. The summed E-state index contributed by atoms with van der Waals surface area (Å²) in [6.45, 7) is 1.70. The van der Waals surface area contributed by atoms with Crippen LogP contribution in [0.1, 0.15) is 5.56 Å². The first-order valence-corrected chi connectivity index (χ1v) is 5.53. The van der Waals surface area contributed by atoms with Gasteiger partial charge in [-0.1, -0.05) is 11.8 Å². The molecule has 2 aromatic rings. The first kappa shape index (κ1) is 10.0. The van der Waals surface area contributed by atoms with E-state index >= 15 is 0 Å². The Hall–Kier alpha value is -1.49. The van der Waals surface area contributed by atoms with E-state index in [4.69, 9.17) is 4.42 Å². The van der Waals surface area contributed by atoms with Crippen molar-refractivity contribution in [3.8, 4) is 5.75 Å². The third kappa shape index (κ3) is 1.59. The fraction of sp³-hybridized carbons (Fsp3) is 0.200. The predicted molar refractivity (Wildman–Crippen MR) is 58.5 cm³/mol. The van der Waals surface area contributed by atoms with Crippen LogP contribution in [0.25, 0.3) is 11.0 Å². The number of rotatable bonds is 1. The molecule has 0 aliphatic heterocycles. The molecule has 0 amide bonds. The standard InChI is InChI=1S/C10H9NO3S/c1-5-7(12)4-3-6-8(5)14-10(15-2)11-9(6)13/h3-4,12H,1-2H3. The van der Waals surface area contributed by atoms with Gasteiger partial charge in [0.15, 0.2) is 0 Å². The van der Waals surface area contributed by atoms with Crippen molar-refractivity contribution >= 4 is 22.7 Å². The second-order valence-electron chi connectivity index (χ2n) is 3.08. The molecule has 1 aromatic heterocycles. The minimum absolute atomic E-state index is 0.115. The zero-order chi connectivity index (χ0) is 11.0. The molecule has 0 atom stereocenters. The quantitative estimate of drug-likeness (QED) is 0.748. The zero-order valence-electron chi connectivity index (χ0n) is 8.27. The smallest absolute Gasteiger partial charge is 0.284 e. The van der Waals surface area contributed by atoms with Crippen LogP contribution in [0.2, 0.25) is 0 Å². The van der Waals surface area contributed by atoms with Gasteiger partial charge >= 0.3 is 0 Å². The lowest BCUT2D eigenvalue weighted by atomic mass is 10.1. The van der Waals surface area contributed by atoms with Crippen LogP contribution >= 0.6 is 11.8 Å². The summed E-state index contributed by atoms with van der Waals surface area (Å²) < 4.78 is 5.40. The Bertz CT molecular complexity index is 577. The molecule has 1 heterocycles. The van der Waals surface area contributed by atoms with Crippen molar-refractivity contribution < 1.29 is 9.52 Å². The SMILES string of the molecule is CSc1nc(=O)c2ccc(O)c(C)c2o1. The summed E-state index contributed by atoms with van der Waals surface area (Å²) in [5.74, 6) is 0.115. The summed E-state index contributed by atoms with van der Waals surface area (Å²) in [5.41, 5.74) is 0.630. The molecule has 0 spiro atoms. The largest absolute Gasteiger partial charge is 0.508 e. The van der Waals surface area contributed by atoms with Gasteiger partial charge in [-0.25, -0.2) is 0 Å². The fourth-order valence-electron chi connectivity index (χ4n) is 1.32. The highest BCUT2D eigenvalue weighted by molar-refractivity contribution is 7.98. The maximum Gasteiger partial charge on any atom is 0.284 e. The van der Waals surface area contributed by atoms with Crippen molar-refractivity contribution in [2.45, 2.75) is 12.1 Å².